The lowest BCUT2D eigenvalue weighted by Crippen LogP contribution is -2.31. The molecule has 0 aliphatic carbocycles. The highest BCUT2D eigenvalue weighted by molar-refractivity contribution is 5.61. The molecule has 1 atom stereocenters. The van der Waals surface area contributed by atoms with E-state index in [-0.39, 0.29) is 5.41 Å². The number of hydrogen-bond donors (Lipinski definition) is 2. The Morgan fingerprint density at radius 1 is 1.33 bits per heavy atom. The van der Waals surface area contributed by atoms with Crippen LogP contribution in [-0.2, 0) is 0 Å². The summed E-state index contributed by atoms with van der Waals surface area (Å²) in [5.41, 5.74) is 7.73. The Labute approximate surface area is 92.1 Å². The summed E-state index contributed by atoms with van der Waals surface area (Å²) >= 11 is 0. The van der Waals surface area contributed by atoms with Crippen LogP contribution < -0.4 is 11.1 Å². The largest absolute Gasteiger partial charge is 0.396 e. The fourth-order valence-corrected chi connectivity index (χ4v) is 1.10. The molecule has 3 N–H and O–H groups in total. The summed E-state index contributed by atoms with van der Waals surface area (Å²) in [6, 6.07) is 4.14. The monoisotopic (exact) mass is 207 g/mol. The van der Waals surface area contributed by atoms with E-state index in [1.165, 1.54) is 0 Å². The molecule has 0 fully saturated rings. The highest BCUT2D eigenvalue weighted by Crippen LogP contribution is 2.24. The first-order valence-corrected chi connectivity index (χ1v) is 5.30. The summed E-state index contributed by atoms with van der Waals surface area (Å²) in [5.74, 6) is 0.789. The molecule has 15 heavy (non-hydrogen) atoms. The van der Waals surface area contributed by atoms with Crippen LogP contribution >= 0.6 is 0 Å². The summed E-state index contributed by atoms with van der Waals surface area (Å²) in [5, 5.41) is 3.35. The molecule has 1 unspecified atom stereocenters. The molecule has 3 nitrogen and oxygen atoms in total. The van der Waals surface area contributed by atoms with Gasteiger partial charge >= 0.3 is 0 Å². The molecule has 1 aromatic rings. The van der Waals surface area contributed by atoms with Gasteiger partial charge in [0, 0.05) is 11.7 Å². The minimum Gasteiger partial charge on any atom is -0.396 e. The van der Waals surface area contributed by atoms with Gasteiger partial charge in [0.05, 0.1) is 5.69 Å². The molecule has 0 aliphatic heterocycles. The van der Waals surface area contributed by atoms with E-state index in [2.05, 4.69) is 38.0 Å². The second-order valence-electron chi connectivity index (χ2n) is 5.12. The third-order valence-electron chi connectivity index (χ3n) is 2.72. The Bertz CT molecular complexity index is 339. The number of nitrogens with zero attached hydrogens (tertiary/aromatic N) is 1. The maximum Gasteiger partial charge on any atom is 0.149 e. The van der Waals surface area contributed by atoms with Gasteiger partial charge in [-0.25, -0.2) is 4.98 Å². The van der Waals surface area contributed by atoms with Crippen molar-refractivity contribution in [1.29, 1.82) is 0 Å². The molecular weight excluding hydrogens is 186 g/mol. The van der Waals surface area contributed by atoms with E-state index in [1.807, 2.05) is 19.1 Å². The molecule has 0 spiro atoms. The second kappa shape index (κ2) is 4.09. The summed E-state index contributed by atoms with van der Waals surface area (Å²) in [7, 11) is 0. The Hall–Kier alpha value is -1.25. The van der Waals surface area contributed by atoms with Crippen molar-refractivity contribution in [2.45, 2.75) is 40.7 Å². The molecule has 0 bridgehead atoms. The molecule has 84 valence electrons. The number of hydrogen-bond acceptors (Lipinski definition) is 3. The van der Waals surface area contributed by atoms with Crippen LogP contribution in [0.4, 0.5) is 11.5 Å². The molecule has 0 saturated carbocycles. The number of nitrogens with one attached hydrogen (secondary N) is 1. The van der Waals surface area contributed by atoms with Crippen LogP contribution in [0.1, 0.15) is 33.4 Å². The van der Waals surface area contributed by atoms with E-state index in [1.54, 1.807) is 0 Å². The lowest BCUT2D eigenvalue weighted by Gasteiger charge is -2.29. The standard InChI is InChI=1S/C12H21N3/c1-8-6-7-10(13)11(14-8)15-9(2)12(3,4)5/h6-7,9H,13H2,1-5H3,(H,14,15). The van der Waals surface area contributed by atoms with Crippen molar-refractivity contribution in [3.05, 3.63) is 17.8 Å². The predicted octanol–water partition coefficient (Wildman–Crippen LogP) is 2.82. The van der Waals surface area contributed by atoms with Crippen LogP contribution in [0.2, 0.25) is 0 Å². The van der Waals surface area contributed by atoms with Crippen LogP contribution in [0.5, 0.6) is 0 Å². The van der Waals surface area contributed by atoms with E-state index in [4.69, 9.17) is 5.73 Å². The molecule has 1 heterocycles. The number of nitrogen functional groups attached to an aromatic ring is 1. The number of nitrogens with two attached hydrogens (primary N) is 1. The van der Waals surface area contributed by atoms with Crippen molar-refractivity contribution >= 4 is 11.5 Å². The smallest absolute Gasteiger partial charge is 0.149 e. The second-order valence-corrected chi connectivity index (χ2v) is 5.12. The van der Waals surface area contributed by atoms with E-state index in [0.29, 0.717) is 11.7 Å². The van der Waals surface area contributed by atoms with E-state index in [0.717, 1.165) is 11.5 Å². The molecule has 0 amide bonds. The predicted molar refractivity (Wildman–Crippen MR) is 65.9 cm³/mol. The molecule has 0 aliphatic rings. The molecule has 0 saturated heterocycles. The number of pyridine rings is 1. The van der Waals surface area contributed by atoms with E-state index < -0.39 is 0 Å². The first kappa shape index (κ1) is 11.8. The van der Waals surface area contributed by atoms with Gasteiger partial charge in [0.1, 0.15) is 5.82 Å². The third-order valence-corrected chi connectivity index (χ3v) is 2.72. The zero-order chi connectivity index (χ0) is 11.6. The van der Waals surface area contributed by atoms with Crippen LogP contribution in [-0.4, -0.2) is 11.0 Å². The molecule has 3 heteroatoms. The summed E-state index contributed by atoms with van der Waals surface area (Å²) < 4.78 is 0. The first-order valence-electron chi connectivity index (χ1n) is 5.30. The van der Waals surface area contributed by atoms with Gasteiger partial charge in [-0.1, -0.05) is 20.8 Å². The fourth-order valence-electron chi connectivity index (χ4n) is 1.10. The van der Waals surface area contributed by atoms with Gasteiger partial charge in [0.15, 0.2) is 0 Å². The Balaban J connectivity index is 2.85. The lowest BCUT2D eigenvalue weighted by atomic mass is 9.88. The maximum atomic E-state index is 5.86. The molecule has 0 radical (unpaired) electrons. The van der Waals surface area contributed by atoms with Crippen LogP contribution in [0.15, 0.2) is 12.1 Å². The Morgan fingerprint density at radius 3 is 2.47 bits per heavy atom. The topological polar surface area (TPSA) is 50.9 Å². The van der Waals surface area contributed by atoms with Crippen molar-refractivity contribution in [3.63, 3.8) is 0 Å². The minimum absolute atomic E-state index is 0.192. The highest BCUT2D eigenvalue weighted by atomic mass is 15.0. The quantitative estimate of drug-likeness (QED) is 0.784. The highest BCUT2D eigenvalue weighted by Gasteiger charge is 2.20. The molecule has 1 aromatic heterocycles. The third kappa shape index (κ3) is 3.11. The van der Waals surface area contributed by atoms with Crippen LogP contribution in [0, 0.1) is 12.3 Å². The van der Waals surface area contributed by atoms with Gasteiger partial charge in [-0.3, -0.25) is 0 Å². The zero-order valence-corrected chi connectivity index (χ0v) is 10.3. The number of rotatable bonds is 2. The maximum absolute atomic E-state index is 5.86. The van der Waals surface area contributed by atoms with Crippen molar-refractivity contribution in [3.8, 4) is 0 Å². The molecule has 1 rings (SSSR count). The first-order chi connectivity index (χ1) is 6.80. The van der Waals surface area contributed by atoms with Gasteiger partial charge in [0.2, 0.25) is 0 Å². The summed E-state index contributed by atoms with van der Waals surface area (Å²) in [4.78, 5) is 4.39. The fraction of sp³-hybridized carbons (Fsp3) is 0.583. The van der Waals surface area contributed by atoms with Crippen LogP contribution in [0.3, 0.4) is 0 Å². The van der Waals surface area contributed by atoms with Gasteiger partial charge in [-0.05, 0) is 31.4 Å². The van der Waals surface area contributed by atoms with Gasteiger partial charge in [-0.2, -0.15) is 0 Å². The number of aryl methyl sites for hydroxylation is 1. The van der Waals surface area contributed by atoms with Crippen LogP contribution in [0.25, 0.3) is 0 Å². The van der Waals surface area contributed by atoms with Crippen molar-refractivity contribution in [2.75, 3.05) is 11.1 Å². The van der Waals surface area contributed by atoms with Gasteiger partial charge in [0.25, 0.3) is 0 Å². The van der Waals surface area contributed by atoms with Crippen molar-refractivity contribution < 1.29 is 0 Å². The Kier molecular flexibility index (Phi) is 3.22. The zero-order valence-electron chi connectivity index (χ0n) is 10.3. The number of anilines is 2. The van der Waals surface area contributed by atoms with Crippen molar-refractivity contribution in [2.24, 2.45) is 5.41 Å². The van der Waals surface area contributed by atoms with Gasteiger partial charge < -0.3 is 11.1 Å². The lowest BCUT2D eigenvalue weighted by molar-refractivity contribution is 0.359. The average Bonchev–Trinajstić information content (AvgIpc) is 2.09. The van der Waals surface area contributed by atoms with Crippen molar-refractivity contribution in [1.82, 2.24) is 4.98 Å². The normalized spacial score (nSPS) is 13.7. The van der Waals surface area contributed by atoms with E-state index in [9.17, 15) is 0 Å². The van der Waals surface area contributed by atoms with Gasteiger partial charge in [-0.15, -0.1) is 0 Å². The molecular formula is C12H21N3. The Morgan fingerprint density at radius 2 is 1.93 bits per heavy atom. The van der Waals surface area contributed by atoms with E-state index >= 15 is 0 Å². The average molecular weight is 207 g/mol. The number of aromatic nitrogens is 1. The SMILES string of the molecule is Cc1ccc(N)c(NC(C)C(C)(C)C)n1. The summed E-state index contributed by atoms with van der Waals surface area (Å²) in [6.45, 7) is 10.7. The minimum atomic E-state index is 0.192. The molecule has 0 aromatic carbocycles. The summed E-state index contributed by atoms with van der Waals surface area (Å²) in [6.07, 6.45) is 0.